The summed E-state index contributed by atoms with van der Waals surface area (Å²) < 4.78 is 1.07. The summed E-state index contributed by atoms with van der Waals surface area (Å²) in [6, 6.07) is 0. The van der Waals surface area contributed by atoms with Crippen LogP contribution in [-0.2, 0) is 4.79 Å². The van der Waals surface area contributed by atoms with Crippen LogP contribution in [0.4, 0.5) is 0 Å². The fraction of sp³-hybridized carbons (Fsp3) is 0.250. The Bertz CT molecular complexity index is 452. The summed E-state index contributed by atoms with van der Waals surface area (Å²) in [4.78, 5) is 14.2. The topological polar surface area (TPSA) is 20.3 Å². The quantitative estimate of drug-likeness (QED) is 0.702. The number of Topliss-reactive ketones (excluding diaryl/α,β-unsaturated/α-hetero) is 1. The van der Waals surface area contributed by atoms with Crippen molar-refractivity contribution < 1.29 is 4.79 Å². The van der Waals surface area contributed by atoms with Crippen molar-refractivity contribution >= 4 is 29.3 Å². The average Bonchev–Trinajstić information content (AvgIpc) is 2.57. The predicted molar refractivity (Wildman–Crippen MR) is 71.9 cm³/mol. The van der Waals surface area contributed by atoms with Gasteiger partial charge in [0.1, 0.15) is 5.70 Å². The largest absolute Gasteiger partial charge is 0.312 e. The highest BCUT2D eigenvalue weighted by atomic mass is 32.2. The van der Waals surface area contributed by atoms with Gasteiger partial charge in [-0.05, 0) is 31.6 Å². The van der Waals surface area contributed by atoms with Gasteiger partial charge >= 0.3 is 0 Å². The lowest BCUT2D eigenvalue weighted by Gasteiger charge is -2.20. The summed E-state index contributed by atoms with van der Waals surface area (Å²) >= 11 is 3.25. The normalized spacial score (nSPS) is 18.6. The van der Waals surface area contributed by atoms with E-state index in [1.165, 1.54) is 0 Å². The third-order valence-corrected chi connectivity index (χ3v) is 4.73. The number of fused-ring (bicyclic) bond motifs is 1. The molecule has 0 radical (unpaired) electrons. The molecule has 0 saturated heterocycles. The molecule has 0 fully saturated rings. The number of carbonyl (C=O) groups excluding carboxylic acids is 1. The molecule has 0 N–H and O–H groups in total. The molecule has 0 bridgehead atoms. The van der Waals surface area contributed by atoms with Gasteiger partial charge in [0.15, 0.2) is 0 Å². The van der Waals surface area contributed by atoms with Crippen molar-refractivity contribution in [3.63, 3.8) is 0 Å². The van der Waals surface area contributed by atoms with Crippen LogP contribution >= 0.6 is 23.5 Å². The second kappa shape index (κ2) is 4.55. The van der Waals surface area contributed by atoms with E-state index in [9.17, 15) is 4.79 Å². The van der Waals surface area contributed by atoms with Crippen molar-refractivity contribution in [2.75, 3.05) is 12.5 Å². The Morgan fingerprint density at radius 1 is 1.25 bits per heavy atom. The zero-order chi connectivity index (χ0) is 11.7. The molecule has 0 aromatic rings. The number of hydrogen-bond donors (Lipinski definition) is 0. The molecule has 0 aromatic heterocycles. The van der Waals surface area contributed by atoms with E-state index < -0.39 is 0 Å². The van der Waals surface area contributed by atoms with Gasteiger partial charge < -0.3 is 4.90 Å². The van der Waals surface area contributed by atoms with Crippen molar-refractivity contribution in [3.05, 3.63) is 45.6 Å². The molecule has 2 heterocycles. The minimum atomic E-state index is 0.143. The smallest absolute Gasteiger partial charge is 0.209 e. The fourth-order valence-corrected chi connectivity index (χ4v) is 3.25. The summed E-state index contributed by atoms with van der Waals surface area (Å²) in [5.74, 6) is 0.143. The second-order valence-corrected chi connectivity index (χ2v) is 5.35. The van der Waals surface area contributed by atoms with E-state index >= 15 is 0 Å². The van der Waals surface area contributed by atoms with E-state index in [1.54, 1.807) is 23.5 Å². The molecular weight excluding hydrogens is 238 g/mol. The van der Waals surface area contributed by atoms with Crippen molar-refractivity contribution in [1.82, 2.24) is 4.90 Å². The first-order valence-electron chi connectivity index (χ1n) is 4.92. The number of hydrogen-bond acceptors (Lipinski definition) is 4. The summed E-state index contributed by atoms with van der Waals surface area (Å²) in [7, 11) is 0. The molecule has 4 heteroatoms. The van der Waals surface area contributed by atoms with Gasteiger partial charge in [0.05, 0.1) is 9.93 Å². The highest BCUT2D eigenvalue weighted by Gasteiger charge is 2.33. The van der Waals surface area contributed by atoms with Crippen LogP contribution in [0.5, 0.6) is 0 Å². The molecule has 0 saturated carbocycles. The minimum Gasteiger partial charge on any atom is -0.312 e. The SMILES string of the molecule is CSC(SC)=C1C(=O)C(C)=C2C=CC=CN21. The Kier molecular flexibility index (Phi) is 3.30. The third-order valence-electron chi connectivity index (χ3n) is 2.60. The van der Waals surface area contributed by atoms with Gasteiger partial charge in [0, 0.05) is 11.8 Å². The lowest BCUT2D eigenvalue weighted by atomic mass is 10.2. The maximum Gasteiger partial charge on any atom is 0.209 e. The van der Waals surface area contributed by atoms with Crippen LogP contribution in [0.2, 0.25) is 0 Å². The number of nitrogens with zero attached hydrogens (tertiary/aromatic N) is 1. The second-order valence-electron chi connectivity index (χ2n) is 3.45. The Morgan fingerprint density at radius 3 is 2.56 bits per heavy atom. The van der Waals surface area contributed by atoms with E-state index in [0.29, 0.717) is 0 Å². The molecule has 0 spiro atoms. The van der Waals surface area contributed by atoms with Gasteiger partial charge in [-0.2, -0.15) is 0 Å². The van der Waals surface area contributed by atoms with Crippen LogP contribution < -0.4 is 0 Å². The molecule has 0 aromatic carbocycles. The summed E-state index contributed by atoms with van der Waals surface area (Å²) in [6.45, 7) is 1.89. The number of carbonyl (C=O) groups is 1. The van der Waals surface area contributed by atoms with Crippen molar-refractivity contribution in [2.45, 2.75) is 6.92 Å². The van der Waals surface area contributed by atoms with Gasteiger partial charge in [-0.3, -0.25) is 4.79 Å². The van der Waals surface area contributed by atoms with E-state index in [4.69, 9.17) is 0 Å². The molecule has 84 valence electrons. The summed E-state index contributed by atoms with van der Waals surface area (Å²) in [5, 5.41) is 0. The summed E-state index contributed by atoms with van der Waals surface area (Å²) in [5.41, 5.74) is 2.63. The molecular formula is C12H13NOS2. The van der Waals surface area contributed by atoms with Crippen LogP contribution in [0.15, 0.2) is 45.6 Å². The Labute approximate surface area is 104 Å². The highest BCUT2D eigenvalue weighted by molar-refractivity contribution is 8.21. The van der Waals surface area contributed by atoms with Crippen LogP contribution in [-0.4, -0.2) is 23.2 Å². The maximum atomic E-state index is 12.2. The fourth-order valence-electron chi connectivity index (χ4n) is 1.81. The molecule has 2 rings (SSSR count). The van der Waals surface area contributed by atoms with Crippen LogP contribution in [0.1, 0.15) is 6.92 Å². The first-order chi connectivity index (χ1) is 7.70. The van der Waals surface area contributed by atoms with Gasteiger partial charge in [-0.1, -0.05) is 6.08 Å². The van der Waals surface area contributed by atoms with Crippen molar-refractivity contribution in [3.8, 4) is 0 Å². The van der Waals surface area contributed by atoms with Crippen LogP contribution in [0, 0.1) is 0 Å². The number of thioether (sulfide) groups is 2. The molecule has 2 aliphatic rings. The monoisotopic (exact) mass is 251 g/mol. The Balaban J connectivity index is 2.54. The van der Waals surface area contributed by atoms with E-state index in [2.05, 4.69) is 0 Å². The average molecular weight is 251 g/mol. The standard InChI is InChI=1S/C12H13NOS2/c1-8-9-6-4-5-7-13(9)10(11(8)14)12(15-2)16-3/h4-7H,1-3H3. The van der Waals surface area contributed by atoms with E-state index in [1.807, 2.05) is 48.8 Å². The van der Waals surface area contributed by atoms with Crippen LogP contribution in [0.3, 0.4) is 0 Å². The molecule has 0 amide bonds. The molecule has 0 aliphatic carbocycles. The Hall–Kier alpha value is -0.870. The zero-order valence-electron chi connectivity index (χ0n) is 9.48. The summed E-state index contributed by atoms with van der Waals surface area (Å²) in [6.07, 6.45) is 11.9. The van der Waals surface area contributed by atoms with Gasteiger partial charge in [-0.15, -0.1) is 23.5 Å². The van der Waals surface area contributed by atoms with E-state index in [-0.39, 0.29) is 5.78 Å². The number of rotatable bonds is 2. The first kappa shape index (κ1) is 11.6. The lowest BCUT2D eigenvalue weighted by molar-refractivity contribution is -0.112. The molecule has 2 aliphatic heterocycles. The first-order valence-corrected chi connectivity index (χ1v) is 7.37. The minimum absolute atomic E-state index is 0.143. The molecule has 16 heavy (non-hydrogen) atoms. The highest BCUT2D eigenvalue weighted by Crippen LogP contribution is 2.39. The Morgan fingerprint density at radius 2 is 1.94 bits per heavy atom. The molecule has 0 atom stereocenters. The third kappa shape index (κ3) is 1.66. The van der Waals surface area contributed by atoms with Gasteiger partial charge in [-0.25, -0.2) is 0 Å². The number of ketones is 1. The van der Waals surface area contributed by atoms with Gasteiger partial charge in [0.25, 0.3) is 0 Å². The van der Waals surface area contributed by atoms with Crippen molar-refractivity contribution in [1.29, 1.82) is 0 Å². The number of allylic oxidation sites excluding steroid dienone is 4. The van der Waals surface area contributed by atoms with Gasteiger partial charge in [0.2, 0.25) is 5.78 Å². The maximum absolute atomic E-state index is 12.2. The lowest BCUT2D eigenvalue weighted by Crippen LogP contribution is -2.15. The predicted octanol–water partition coefficient (Wildman–Crippen LogP) is 3.12. The molecule has 2 nitrogen and oxygen atoms in total. The van der Waals surface area contributed by atoms with Crippen LogP contribution in [0.25, 0.3) is 0 Å². The molecule has 0 unspecified atom stereocenters. The van der Waals surface area contributed by atoms with E-state index in [0.717, 1.165) is 21.2 Å². The van der Waals surface area contributed by atoms with Crippen molar-refractivity contribution in [2.24, 2.45) is 0 Å². The zero-order valence-corrected chi connectivity index (χ0v) is 11.1.